The predicted octanol–water partition coefficient (Wildman–Crippen LogP) is 3.27. The Morgan fingerprint density at radius 3 is 2.76 bits per heavy atom. The Morgan fingerprint density at radius 1 is 1.17 bits per heavy atom. The Morgan fingerprint density at radius 2 is 1.97 bits per heavy atom. The van der Waals surface area contributed by atoms with Gasteiger partial charge in [-0.2, -0.15) is 0 Å². The van der Waals surface area contributed by atoms with Crippen molar-refractivity contribution in [1.82, 2.24) is 25.2 Å². The zero-order valence-corrected chi connectivity index (χ0v) is 17.3. The number of benzene rings is 1. The highest BCUT2D eigenvalue weighted by Crippen LogP contribution is 2.24. The van der Waals surface area contributed by atoms with Gasteiger partial charge in [0.2, 0.25) is 0 Å². The van der Waals surface area contributed by atoms with Crippen molar-refractivity contribution < 1.29 is 4.39 Å². The van der Waals surface area contributed by atoms with Crippen molar-refractivity contribution in [3.8, 4) is 11.3 Å². The highest BCUT2D eigenvalue weighted by atomic mass is 35.5. The van der Waals surface area contributed by atoms with Crippen LogP contribution in [0.25, 0.3) is 22.3 Å². The minimum Gasteiger partial charge on any atom is -0.382 e. The summed E-state index contributed by atoms with van der Waals surface area (Å²) < 4.78 is 14.2. The monoisotopic (exact) mass is 416 g/mol. The number of likely N-dealkylation sites (tertiary alicyclic amines) is 1. The van der Waals surface area contributed by atoms with Gasteiger partial charge < -0.3 is 16.0 Å². The molecular weight excluding hydrogens is 391 g/mol. The molecule has 0 amide bonds. The van der Waals surface area contributed by atoms with E-state index in [4.69, 9.17) is 5.73 Å². The number of aromatic nitrogens is 3. The lowest BCUT2D eigenvalue weighted by molar-refractivity contribution is 0.216. The number of fused-ring (bicyclic) bond motifs is 1. The Balaban J connectivity index is 0.00000240. The molecule has 3 aromatic rings. The van der Waals surface area contributed by atoms with Crippen LogP contribution in [0, 0.1) is 11.7 Å². The quantitative estimate of drug-likeness (QED) is 0.664. The molecule has 2 aromatic heterocycles. The van der Waals surface area contributed by atoms with Crippen molar-refractivity contribution in [1.29, 1.82) is 0 Å². The van der Waals surface area contributed by atoms with Crippen LogP contribution in [0.4, 0.5) is 10.2 Å². The van der Waals surface area contributed by atoms with Crippen molar-refractivity contribution in [2.45, 2.75) is 19.4 Å². The second-order valence-corrected chi connectivity index (χ2v) is 7.55. The lowest BCUT2D eigenvalue weighted by Crippen LogP contribution is -2.34. The SMILES string of the molecule is CN1CCC(CNCc2cc(F)cc(-c3ccc4ncnc(N)c4n3)c2)CC1.Cl. The second-order valence-electron chi connectivity index (χ2n) is 7.55. The summed E-state index contributed by atoms with van der Waals surface area (Å²) in [6.07, 6.45) is 3.83. The van der Waals surface area contributed by atoms with E-state index in [1.165, 1.54) is 25.2 Å². The normalized spacial score (nSPS) is 15.4. The van der Waals surface area contributed by atoms with Gasteiger partial charge in [-0.15, -0.1) is 12.4 Å². The molecule has 1 aromatic carbocycles. The average molecular weight is 417 g/mol. The first-order valence-electron chi connectivity index (χ1n) is 9.65. The highest BCUT2D eigenvalue weighted by molar-refractivity contribution is 5.86. The van der Waals surface area contributed by atoms with E-state index in [1.54, 1.807) is 6.07 Å². The molecule has 0 spiro atoms. The third kappa shape index (κ3) is 5.18. The third-order valence-corrected chi connectivity index (χ3v) is 5.36. The lowest BCUT2D eigenvalue weighted by atomic mass is 9.97. The number of anilines is 1. The largest absolute Gasteiger partial charge is 0.382 e. The number of halogens is 2. The molecule has 154 valence electrons. The first-order chi connectivity index (χ1) is 13.6. The van der Waals surface area contributed by atoms with Crippen LogP contribution in [0.2, 0.25) is 0 Å². The summed E-state index contributed by atoms with van der Waals surface area (Å²) in [5, 5.41) is 3.49. The van der Waals surface area contributed by atoms with E-state index in [-0.39, 0.29) is 18.2 Å². The van der Waals surface area contributed by atoms with Crippen LogP contribution in [0.15, 0.2) is 36.7 Å². The molecule has 1 saturated heterocycles. The zero-order valence-electron chi connectivity index (χ0n) is 16.4. The van der Waals surface area contributed by atoms with Crippen LogP contribution in [-0.4, -0.2) is 46.5 Å². The van der Waals surface area contributed by atoms with Crippen LogP contribution in [-0.2, 0) is 6.54 Å². The minimum absolute atomic E-state index is 0. The van der Waals surface area contributed by atoms with Gasteiger partial charge >= 0.3 is 0 Å². The van der Waals surface area contributed by atoms with Crippen LogP contribution >= 0.6 is 12.4 Å². The summed E-state index contributed by atoms with van der Waals surface area (Å²) >= 11 is 0. The summed E-state index contributed by atoms with van der Waals surface area (Å²) in [5.74, 6) is 0.741. The van der Waals surface area contributed by atoms with Gasteiger partial charge in [-0.05, 0) is 81.3 Å². The number of pyridine rings is 1. The summed E-state index contributed by atoms with van der Waals surface area (Å²) in [7, 11) is 2.17. The second kappa shape index (κ2) is 9.43. The van der Waals surface area contributed by atoms with E-state index in [0.717, 1.165) is 30.8 Å². The maximum Gasteiger partial charge on any atom is 0.153 e. The maximum atomic E-state index is 14.2. The number of nitrogens with one attached hydrogen (secondary N) is 1. The smallest absolute Gasteiger partial charge is 0.153 e. The van der Waals surface area contributed by atoms with E-state index in [0.29, 0.717) is 35.0 Å². The van der Waals surface area contributed by atoms with Gasteiger partial charge in [0.15, 0.2) is 5.82 Å². The summed E-state index contributed by atoms with van der Waals surface area (Å²) in [6.45, 7) is 3.89. The van der Waals surface area contributed by atoms with Crippen molar-refractivity contribution in [3.63, 3.8) is 0 Å². The minimum atomic E-state index is -0.271. The molecule has 0 unspecified atom stereocenters. The fraction of sp³-hybridized carbons (Fsp3) is 0.381. The molecule has 1 fully saturated rings. The first kappa shape index (κ1) is 21.4. The summed E-state index contributed by atoms with van der Waals surface area (Å²) in [6, 6.07) is 8.70. The molecule has 0 aliphatic carbocycles. The molecule has 0 atom stereocenters. The summed E-state index contributed by atoms with van der Waals surface area (Å²) in [5.41, 5.74) is 9.40. The number of hydrogen-bond acceptors (Lipinski definition) is 6. The average Bonchev–Trinajstić information content (AvgIpc) is 2.69. The molecule has 29 heavy (non-hydrogen) atoms. The fourth-order valence-corrected chi connectivity index (χ4v) is 3.71. The number of nitrogens with two attached hydrogens (primary N) is 1. The number of piperidine rings is 1. The van der Waals surface area contributed by atoms with E-state index >= 15 is 0 Å². The standard InChI is InChI=1S/C21H25FN6.ClH/c1-28-6-4-14(5-7-28)11-24-12-15-8-16(10-17(22)9-15)18-2-3-19-20(27-18)21(23)26-13-25-19;/h2-3,8-10,13-14,24H,4-7,11-12H2,1H3,(H2,23,25,26);1H. The fourth-order valence-electron chi connectivity index (χ4n) is 3.71. The lowest BCUT2D eigenvalue weighted by Gasteiger charge is -2.29. The van der Waals surface area contributed by atoms with Crippen LogP contribution in [0.1, 0.15) is 18.4 Å². The molecule has 0 saturated carbocycles. The molecule has 4 rings (SSSR count). The molecule has 3 heterocycles. The molecular formula is C21H26ClFN6. The molecule has 3 N–H and O–H groups in total. The van der Waals surface area contributed by atoms with Crippen molar-refractivity contribution in [2.75, 3.05) is 32.4 Å². The van der Waals surface area contributed by atoms with E-state index < -0.39 is 0 Å². The van der Waals surface area contributed by atoms with E-state index in [9.17, 15) is 4.39 Å². The van der Waals surface area contributed by atoms with Crippen LogP contribution in [0.5, 0.6) is 0 Å². The van der Waals surface area contributed by atoms with Gasteiger partial charge in [0.05, 0.1) is 11.2 Å². The van der Waals surface area contributed by atoms with Crippen molar-refractivity contribution in [2.24, 2.45) is 5.92 Å². The maximum absolute atomic E-state index is 14.2. The molecule has 1 aliphatic rings. The van der Waals surface area contributed by atoms with E-state index in [2.05, 4.69) is 32.2 Å². The molecule has 0 bridgehead atoms. The molecule has 1 aliphatic heterocycles. The Labute approximate surface area is 176 Å². The van der Waals surface area contributed by atoms with Crippen molar-refractivity contribution >= 4 is 29.3 Å². The van der Waals surface area contributed by atoms with Gasteiger partial charge in [0.1, 0.15) is 17.7 Å². The van der Waals surface area contributed by atoms with Gasteiger partial charge in [-0.3, -0.25) is 0 Å². The van der Waals surface area contributed by atoms with Crippen LogP contribution in [0.3, 0.4) is 0 Å². The highest BCUT2D eigenvalue weighted by Gasteiger charge is 2.16. The van der Waals surface area contributed by atoms with Gasteiger partial charge in [-0.25, -0.2) is 19.3 Å². The first-order valence-corrected chi connectivity index (χ1v) is 9.65. The van der Waals surface area contributed by atoms with Gasteiger partial charge in [0.25, 0.3) is 0 Å². The molecule has 0 radical (unpaired) electrons. The van der Waals surface area contributed by atoms with Gasteiger partial charge in [-0.1, -0.05) is 0 Å². The summed E-state index contributed by atoms with van der Waals surface area (Å²) in [4.78, 5) is 15.1. The Bertz CT molecular complexity index is 975. The van der Waals surface area contributed by atoms with Crippen LogP contribution < -0.4 is 11.1 Å². The number of nitrogens with zero attached hydrogens (tertiary/aromatic N) is 4. The number of hydrogen-bond donors (Lipinski definition) is 2. The number of rotatable bonds is 5. The van der Waals surface area contributed by atoms with Gasteiger partial charge in [0, 0.05) is 12.1 Å². The topological polar surface area (TPSA) is 80.0 Å². The number of nitrogen functional groups attached to an aromatic ring is 1. The molecule has 6 nitrogen and oxygen atoms in total. The molecule has 8 heteroatoms. The zero-order chi connectivity index (χ0) is 19.5. The third-order valence-electron chi connectivity index (χ3n) is 5.36. The predicted molar refractivity (Wildman–Crippen MR) is 116 cm³/mol. The van der Waals surface area contributed by atoms with E-state index in [1.807, 2.05) is 18.2 Å². The van der Waals surface area contributed by atoms with Crippen molar-refractivity contribution in [3.05, 3.63) is 48.0 Å². The Kier molecular flexibility index (Phi) is 6.95. The Hall–Kier alpha value is -2.35.